The molecule has 0 aromatic heterocycles. The molecule has 0 saturated carbocycles. The normalized spacial score (nSPS) is 19.8. The van der Waals surface area contributed by atoms with E-state index in [1.807, 2.05) is 0 Å². The van der Waals surface area contributed by atoms with E-state index in [0.29, 0.717) is 0 Å². The summed E-state index contributed by atoms with van der Waals surface area (Å²) in [5.74, 6) is 0.260. The van der Waals surface area contributed by atoms with Crippen LogP contribution in [0.5, 0.6) is 0 Å². The minimum absolute atomic E-state index is 0.199. The van der Waals surface area contributed by atoms with E-state index in [-0.39, 0.29) is 24.2 Å². The van der Waals surface area contributed by atoms with E-state index in [4.69, 9.17) is 9.31 Å². The number of hydrogen-bond donors (Lipinski definition) is 0. The highest BCUT2D eigenvalue weighted by Crippen LogP contribution is 2.41. The summed E-state index contributed by atoms with van der Waals surface area (Å²) in [6.45, 7) is 12.8. The van der Waals surface area contributed by atoms with E-state index >= 15 is 0 Å². The lowest BCUT2D eigenvalue weighted by Crippen LogP contribution is -2.41. The average Bonchev–Trinajstić information content (AvgIpc) is 2.75. The predicted octanol–water partition coefficient (Wildman–Crippen LogP) is 5.53. The molecular formula is C22H29BO2. The third kappa shape index (κ3) is 3.68. The minimum atomic E-state index is -0.291. The summed E-state index contributed by atoms with van der Waals surface area (Å²) in [5.41, 5.74) is 4.69. The first kappa shape index (κ1) is 18.2. The van der Waals surface area contributed by atoms with E-state index in [1.54, 1.807) is 0 Å². The second kappa shape index (κ2) is 6.62. The second-order valence-electron chi connectivity index (χ2n) is 8.24. The maximum absolute atomic E-state index is 6.29. The first-order chi connectivity index (χ1) is 11.7. The minimum Gasteiger partial charge on any atom is -0.403 e. The van der Waals surface area contributed by atoms with Crippen molar-refractivity contribution < 1.29 is 9.31 Å². The van der Waals surface area contributed by atoms with Crippen LogP contribution in [0.3, 0.4) is 0 Å². The lowest BCUT2D eigenvalue weighted by Gasteiger charge is -2.32. The van der Waals surface area contributed by atoms with Gasteiger partial charge in [-0.05, 0) is 64.6 Å². The quantitative estimate of drug-likeness (QED) is 0.684. The standard InChI is InChI=1S/C22H29BO2/c1-16-12-13-17(2)19(14-16)20(18-10-8-7-9-11-18)15-23-24-21(3,4)22(5,6)25-23/h7-14,20H,15H2,1-6H3. The molecule has 1 atom stereocenters. The molecule has 2 aromatic rings. The molecular weight excluding hydrogens is 307 g/mol. The van der Waals surface area contributed by atoms with Crippen LogP contribution in [-0.4, -0.2) is 18.3 Å². The van der Waals surface area contributed by atoms with Gasteiger partial charge in [-0.1, -0.05) is 54.1 Å². The Bertz CT molecular complexity index is 721. The third-order valence-corrected chi connectivity index (χ3v) is 5.74. The Labute approximate surface area is 152 Å². The number of aryl methyl sites for hydroxylation is 2. The maximum atomic E-state index is 6.29. The molecule has 0 radical (unpaired) electrons. The molecule has 2 nitrogen and oxygen atoms in total. The molecule has 1 heterocycles. The molecule has 0 spiro atoms. The van der Waals surface area contributed by atoms with Crippen LogP contribution in [0.15, 0.2) is 48.5 Å². The second-order valence-corrected chi connectivity index (χ2v) is 8.24. The van der Waals surface area contributed by atoms with Crippen molar-refractivity contribution in [3.8, 4) is 0 Å². The summed E-state index contributed by atoms with van der Waals surface area (Å²) in [4.78, 5) is 0. The Morgan fingerprint density at radius 1 is 0.880 bits per heavy atom. The molecule has 0 bridgehead atoms. The van der Waals surface area contributed by atoms with E-state index < -0.39 is 0 Å². The molecule has 1 saturated heterocycles. The highest BCUT2D eigenvalue weighted by molar-refractivity contribution is 6.45. The Balaban J connectivity index is 1.95. The molecule has 2 aromatic carbocycles. The fraction of sp³-hybridized carbons (Fsp3) is 0.455. The van der Waals surface area contributed by atoms with E-state index in [0.717, 1.165) is 6.32 Å². The van der Waals surface area contributed by atoms with Gasteiger partial charge in [-0.15, -0.1) is 0 Å². The van der Waals surface area contributed by atoms with Gasteiger partial charge in [0.2, 0.25) is 0 Å². The molecule has 1 unspecified atom stereocenters. The first-order valence-electron chi connectivity index (χ1n) is 9.17. The fourth-order valence-corrected chi connectivity index (χ4v) is 3.52. The van der Waals surface area contributed by atoms with Gasteiger partial charge in [0.25, 0.3) is 0 Å². The van der Waals surface area contributed by atoms with Crippen molar-refractivity contribution in [1.29, 1.82) is 0 Å². The van der Waals surface area contributed by atoms with Crippen molar-refractivity contribution in [2.24, 2.45) is 0 Å². The predicted molar refractivity (Wildman–Crippen MR) is 105 cm³/mol. The van der Waals surface area contributed by atoms with Crippen LogP contribution in [0.25, 0.3) is 0 Å². The van der Waals surface area contributed by atoms with E-state index in [2.05, 4.69) is 90.1 Å². The van der Waals surface area contributed by atoms with Crippen molar-refractivity contribution in [2.45, 2.75) is 65.0 Å². The highest BCUT2D eigenvalue weighted by atomic mass is 16.7. The molecule has 132 valence electrons. The lowest BCUT2D eigenvalue weighted by atomic mass is 9.71. The number of benzene rings is 2. The zero-order chi connectivity index (χ0) is 18.2. The van der Waals surface area contributed by atoms with Crippen LogP contribution in [0.2, 0.25) is 6.32 Å². The Morgan fingerprint density at radius 3 is 2.08 bits per heavy atom. The van der Waals surface area contributed by atoms with Gasteiger partial charge < -0.3 is 9.31 Å². The van der Waals surface area contributed by atoms with Crippen LogP contribution < -0.4 is 0 Å². The van der Waals surface area contributed by atoms with Crippen LogP contribution in [-0.2, 0) is 9.31 Å². The van der Waals surface area contributed by atoms with Crippen LogP contribution >= 0.6 is 0 Å². The SMILES string of the molecule is Cc1ccc(C)c(C(CB2OC(C)(C)C(C)(C)O2)c2ccccc2)c1. The van der Waals surface area contributed by atoms with Crippen molar-refractivity contribution in [2.75, 3.05) is 0 Å². The van der Waals surface area contributed by atoms with Crippen molar-refractivity contribution in [3.63, 3.8) is 0 Å². The fourth-order valence-electron chi connectivity index (χ4n) is 3.52. The van der Waals surface area contributed by atoms with Crippen molar-refractivity contribution >= 4 is 7.12 Å². The Morgan fingerprint density at radius 2 is 1.48 bits per heavy atom. The molecule has 0 aliphatic carbocycles. The van der Waals surface area contributed by atoms with Crippen molar-refractivity contribution in [3.05, 3.63) is 70.8 Å². The van der Waals surface area contributed by atoms with E-state index in [9.17, 15) is 0 Å². The molecule has 3 heteroatoms. The zero-order valence-corrected chi connectivity index (χ0v) is 16.3. The summed E-state index contributed by atoms with van der Waals surface area (Å²) in [6, 6.07) is 17.4. The van der Waals surface area contributed by atoms with Crippen LogP contribution in [0.4, 0.5) is 0 Å². The number of rotatable bonds is 4. The largest absolute Gasteiger partial charge is 0.458 e. The molecule has 0 N–H and O–H groups in total. The average molecular weight is 336 g/mol. The Kier molecular flexibility index (Phi) is 4.83. The zero-order valence-electron chi connectivity index (χ0n) is 16.3. The third-order valence-electron chi connectivity index (χ3n) is 5.74. The molecule has 1 aliphatic heterocycles. The number of hydrogen-bond acceptors (Lipinski definition) is 2. The van der Waals surface area contributed by atoms with E-state index in [1.165, 1.54) is 22.3 Å². The molecule has 1 fully saturated rings. The lowest BCUT2D eigenvalue weighted by molar-refractivity contribution is 0.00578. The van der Waals surface area contributed by atoms with Gasteiger partial charge in [-0.2, -0.15) is 0 Å². The van der Waals surface area contributed by atoms with Crippen LogP contribution in [0, 0.1) is 13.8 Å². The van der Waals surface area contributed by atoms with Crippen LogP contribution in [0.1, 0.15) is 55.9 Å². The van der Waals surface area contributed by atoms with Gasteiger partial charge in [0.1, 0.15) is 0 Å². The van der Waals surface area contributed by atoms with Gasteiger partial charge in [0.15, 0.2) is 0 Å². The van der Waals surface area contributed by atoms with Gasteiger partial charge in [-0.25, -0.2) is 0 Å². The maximum Gasteiger partial charge on any atom is 0.458 e. The van der Waals surface area contributed by atoms with Gasteiger partial charge in [0.05, 0.1) is 11.2 Å². The summed E-state index contributed by atoms with van der Waals surface area (Å²) in [6.07, 6.45) is 0.821. The summed E-state index contributed by atoms with van der Waals surface area (Å²) >= 11 is 0. The molecule has 0 amide bonds. The smallest absolute Gasteiger partial charge is 0.403 e. The monoisotopic (exact) mass is 336 g/mol. The summed E-state index contributed by atoms with van der Waals surface area (Å²) in [7, 11) is -0.199. The first-order valence-corrected chi connectivity index (χ1v) is 9.17. The van der Waals surface area contributed by atoms with Gasteiger partial charge in [0, 0.05) is 5.92 Å². The van der Waals surface area contributed by atoms with Gasteiger partial charge in [-0.3, -0.25) is 0 Å². The molecule has 25 heavy (non-hydrogen) atoms. The summed E-state index contributed by atoms with van der Waals surface area (Å²) < 4.78 is 12.6. The highest BCUT2D eigenvalue weighted by Gasteiger charge is 2.51. The Hall–Kier alpha value is -1.58. The molecule has 3 rings (SSSR count). The topological polar surface area (TPSA) is 18.5 Å². The molecule has 1 aliphatic rings. The van der Waals surface area contributed by atoms with Gasteiger partial charge >= 0.3 is 7.12 Å². The summed E-state index contributed by atoms with van der Waals surface area (Å²) in [5, 5.41) is 0. The van der Waals surface area contributed by atoms with Crippen molar-refractivity contribution in [1.82, 2.24) is 0 Å².